The van der Waals surface area contributed by atoms with E-state index in [4.69, 9.17) is 5.73 Å². The minimum atomic E-state index is -0.0659. The fourth-order valence-electron chi connectivity index (χ4n) is 0.971. The molecule has 0 saturated heterocycles. The molecule has 1 rings (SSSR count). The van der Waals surface area contributed by atoms with Crippen LogP contribution in [0.4, 0.5) is 0 Å². The Kier molecular flexibility index (Phi) is 4.17. The van der Waals surface area contributed by atoms with E-state index in [9.17, 15) is 4.79 Å². The first-order valence-corrected chi connectivity index (χ1v) is 5.22. The molecule has 0 aliphatic carbocycles. The number of nitrogens with one attached hydrogen (secondary N) is 1. The molecule has 0 aliphatic rings. The van der Waals surface area contributed by atoms with Gasteiger partial charge in [-0.1, -0.05) is 11.8 Å². The summed E-state index contributed by atoms with van der Waals surface area (Å²) in [7, 11) is 0. The molecule has 0 fully saturated rings. The Morgan fingerprint density at radius 2 is 2.50 bits per heavy atom. The van der Waals surface area contributed by atoms with Crippen molar-refractivity contribution in [2.24, 2.45) is 5.73 Å². The summed E-state index contributed by atoms with van der Waals surface area (Å²) in [6.45, 7) is 2.82. The fraction of sp³-hybridized carbons (Fsp3) is 0.300. The highest BCUT2D eigenvalue weighted by atomic mass is 32.1. The maximum Gasteiger partial charge on any atom is 0.262 e. The minimum absolute atomic E-state index is 0.0659. The first-order chi connectivity index (χ1) is 6.79. The lowest BCUT2D eigenvalue weighted by atomic mass is 10.2. The van der Waals surface area contributed by atoms with Crippen LogP contribution in [-0.4, -0.2) is 19.0 Å². The summed E-state index contributed by atoms with van der Waals surface area (Å²) in [6.07, 6.45) is 0. The Hall–Kier alpha value is -1.31. The van der Waals surface area contributed by atoms with E-state index >= 15 is 0 Å². The van der Waals surface area contributed by atoms with Crippen molar-refractivity contribution in [2.75, 3.05) is 13.1 Å². The Balaban J connectivity index is 2.87. The zero-order valence-corrected chi connectivity index (χ0v) is 8.78. The van der Waals surface area contributed by atoms with Crippen molar-refractivity contribution in [3.8, 4) is 11.8 Å². The second-order valence-electron chi connectivity index (χ2n) is 2.53. The molecule has 4 heteroatoms. The minimum Gasteiger partial charge on any atom is -0.352 e. The Labute approximate surface area is 87.3 Å². The molecule has 3 N–H and O–H groups in total. The summed E-state index contributed by atoms with van der Waals surface area (Å²) in [5.41, 5.74) is 6.02. The monoisotopic (exact) mass is 208 g/mol. The number of hydrogen-bond acceptors (Lipinski definition) is 3. The van der Waals surface area contributed by atoms with Crippen molar-refractivity contribution in [3.63, 3.8) is 0 Å². The van der Waals surface area contributed by atoms with Gasteiger partial charge in [-0.2, -0.15) is 0 Å². The number of rotatable bonds is 2. The predicted molar refractivity (Wildman–Crippen MR) is 58.3 cm³/mol. The molecule has 0 bridgehead atoms. The third-order valence-electron chi connectivity index (χ3n) is 1.53. The van der Waals surface area contributed by atoms with Crippen molar-refractivity contribution in [3.05, 3.63) is 21.9 Å². The largest absolute Gasteiger partial charge is 0.352 e. The third-order valence-corrected chi connectivity index (χ3v) is 2.45. The van der Waals surface area contributed by atoms with E-state index in [0.29, 0.717) is 18.0 Å². The average molecular weight is 208 g/mol. The van der Waals surface area contributed by atoms with Gasteiger partial charge in [0, 0.05) is 12.1 Å². The van der Waals surface area contributed by atoms with E-state index in [0.717, 1.165) is 5.56 Å². The molecule has 1 heterocycles. The number of thiophene rings is 1. The number of hydrogen-bond donors (Lipinski definition) is 2. The summed E-state index contributed by atoms with van der Waals surface area (Å²) in [5, 5.41) is 4.59. The quantitative estimate of drug-likeness (QED) is 0.707. The summed E-state index contributed by atoms with van der Waals surface area (Å²) in [4.78, 5) is 12.2. The molecule has 0 aromatic carbocycles. The summed E-state index contributed by atoms with van der Waals surface area (Å²) < 4.78 is 0. The first kappa shape index (κ1) is 10.8. The van der Waals surface area contributed by atoms with Crippen LogP contribution in [0.3, 0.4) is 0 Å². The lowest BCUT2D eigenvalue weighted by molar-refractivity contribution is 0.0959. The third kappa shape index (κ3) is 2.59. The van der Waals surface area contributed by atoms with Crippen LogP contribution in [0.1, 0.15) is 22.2 Å². The predicted octanol–water partition coefficient (Wildman–Crippen LogP) is 0.808. The van der Waals surface area contributed by atoms with Gasteiger partial charge in [-0.3, -0.25) is 4.79 Å². The van der Waals surface area contributed by atoms with Crippen LogP contribution in [0.2, 0.25) is 0 Å². The van der Waals surface area contributed by atoms with Crippen molar-refractivity contribution in [1.29, 1.82) is 0 Å². The van der Waals surface area contributed by atoms with Gasteiger partial charge >= 0.3 is 0 Å². The van der Waals surface area contributed by atoms with E-state index in [1.165, 1.54) is 11.3 Å². The lowest BCUT2D eigenvalue weighted by Gasteiger charge is -1.98. The van der Waals surface area contributed by atoms with Crippen molar-refractivity contribution >= 4 is 17.2 Å². The molecule has 1 aromatic heterocycles. The van der Waals surface area contributed by atoms with E-state index in [1.807, 2.05) is 18.4 Å². The maximum atomic E-state index is 11.5. The Morgan fingerprint density at radius 1 is 1.71 bits per heavy atom. The second-order valence-corrected chi connectivity index (χ2v) is 3.44. The van der Waals surface area contributed by atoms with Crippen molar-refractivity contribution < 1.29 is 4.79 Å². The molecule has 1 aromatic rings. The molecule has 0 saturated carbocycles. The van der Waals surface area contributed by atoms with Crippen molar-refractivity contribution in [1.82, 2.24) is 5.32 Å². The fourth-order valence-corrected chi connectivity index (χ4v) is 1.74. The van der Waals surface area contributed by atoms with Crippen LogP contribution in [0.25, 0.3) is 0 Å². The van der Waals surface area contributed by atoms with Crippen molar-refractivity contribution in [2.45, 2.75) is 6.92 Å². The van der Waals surface area contributed by atoms with Gasteiger partial charge in [0.2, 0.25) is 0 Å². The number of nitrogens with two attached hydrogens (primary N) is 1. The van der Waals surface area contributed by atoms with Crippen LogP contribution in [0.15, 0.2) is 11.4 Å². The molecule has 14 heavy (non-hydrogen) atoms. The number of carbonyl (C=O) groups excluding carboxylic acids is 1. The summed E-state index contributed by atoms with van der Waals surface area (Å²) in [6, 6.07) is 1.83. The molecule has 1 amide bonds. The van der Waals surface area contributed by atoms with Crippen LogP contribution < -0.4 is 11.1 Å². The highest BCUT2D eigenvalue weighted by Gasteiger charge is 2.09. The normalized spacial score (nSPS) is 9.00. The van der Waals surface area contributed by atoms with Gasteiger partial charge in [0.15, 0.2) is 0 Å². The molecule has 3 nitrogen and oxygen atoms in total. The molecule has 0 aliphatic heterocycles. The van der Waals surface area contributed by atoms with Gasteiger partial charge in [0.05, 0.1) is 6.54 Å². The highest BCUT2D eigenvalue weighted by molar-refractivity contribution is 7.12. The van der Waals surface area contributed by atoms with Crippen LogP contribution >= 0.6 is 11.3 Å². The van der Waals surface area contributed by atoms with Crippen LogP contribution in [0, 0.1) is 11.8 Å². The molecule has 0 spiro atoms. The number of amides is 1. The molecule has 0 atom stereocenters. The molecule has 74 valence electrons. The smallest absolute Gasteiger partial charge is 0.262 e. The van der Waals surface area contributed by atoms with Crippen LogP contribution in [-0.2, 0) is 0 Å². The topological polar surface area (TPSA) is 55.1 Å². The summed E-state index contributed by atoms with van der Waals surface area (Å²) in [5.74, 6) is 5.53. The zero-order chi connectivity index (χ0) is 10.4. The molecular formula is C10H12N2OS. The standard InChI is InChI=1S/C10H12N2OS/c1-2-12-10(13)9-8(4-3-6-11)5-7-14-9/h5,7H,2,6,11H2,1H3,(H,12,13). The Morgan fingerprint density at radius 3 is 3.14 bits per heavy atom. The van der Waals surface area contributed by atoms with E-state index in [2.05, 4.69) is 17.2 Å². The van der Waals surface area contributed by atoms with Crippen LogP contribution in [0.5, 0.6) is 0 Å². The molecule has 0 radical (unpaired) electrons. The van der Waals surface area contributed by atoms with Gasteiger partial charge in [0.25, 0.3) is 5.91 Å². The van der Waals surface area contributed by atoms with Gasteiger partial charge < -0.3 is 11.1 Å². The van der Waals surface area contributed by atoms with Gasteiger partial charge in [-0.25, -0.2) is 0 Å². The SMILES string of the molecule is CCNC(=O)c1sccc1C#CCN. The number of carbonyl (C=O) groups is 1. The maximum absolute atomic E-state index is 11.5. The van der Waals surface area contributed by atoms with Gasteiger partial charge in [-0.15, -0.1) is 11.3 Å². The zero-order valence-electron chi connectivity index (χ0n) is 7.96. The van der Waals surface area contributed by atoms with E-state index in [-0.39, 0.29) is 5.91 Å². The summed E-state index contributed by atoms with van der Waals surface area (Å²) >= 11 is 1.39. The highest BCUT2D eigenvalue weighted by Crippen LogP contribution is 2.15. The molecule has 0 unspecified atom stereocenters. The molecular weight excluding hydrogens is 196 g/mol. The second kappa shape index (κ2) is 5.43. The van der Waals surface area contributed by atoms with Gasteiger partial charge in [0.1, 0.15) is 4.88 Å². The van der Waals surface area contributed by atoms with E-state index in [1.54, 1.807) is 0 Å². The van der Waals surface area contributed by atoms with Gasteiger partial charge in [-0.05, 0) is 18.4 Å². The first-order valence-electron chi connectivity index (χ1n) is 4.34. The lowest BCUT2D eigenvalue weighted by Crippen LogP contribution is -2.22. The Bertz CT molecular complexity index is 373. The average Bonchev–Trinajstić information content (AvgIpc) is 2.63. The van der Waals surface area contributed by atoms with E-state index < -0.39 is 0 Å².